The molecule has 124 valence electrons. The van der Waals surface area contributed by atoms with Crippen LogP contribution in [0, 0.1) is 0 Å². The van der Waals surface area contributed by atoms with E-state index in [1.165, 1.54) is 11.8 Å². The van der Waals surface area contributed by atoms with Gasteiger partial charge in [0.05, 0.1) is 6.61 Å². The fraction of sp³-hybridized carbons (Fsp3) is 0.400. The van der Waals surface area contributed by atoms with Crippen molar-refractivity contribution in [2.24, 2.45) is 0 Å². The fourth-order valence-electron chi connectivity index (χ4n) is 2.23. The number of nitrogens with zero attached hydrogens (tertiary/aromatic N) is 3. The number of anilines is 2. The highest BCUT2D eigenvalue weighted by Gasteiger charge is 2.24. The maximum absolute atomic E-state index is 12.6. The number of carbonyl (C=O) groups is 1. The molecule has 0 aliphatic carbocycles. The van der Waals surface area contributed by atoms with Crippen LogP contribution in [-0.2, 0) is 4.79 Å². The first kappa shape index (κ1) is 17.1. The van der Waals surface area contributed by atoms with Crippen LogP contribution in [0.3, 0.4) is 0 Å². The summed E-state index contributed by atoms with van der Waals surface area (Å²) in [7, 11) is 0. The molecule has 2 rings (SSSR count). The van der Waals surface area contributed by atoms with Gasteiger partial charge in [0.2, 0.25) is 11.9 Å². The molecule has 2 aromatic rings. The second-order valence-electron chi connectivity index (χ2n) is 4.79. The van der Waals surface area contributed by atoms with Crippen LogP contribution in [0.5, 0.6) is 5.75 Å². The van der Waals surface area contributed by atoms with Crippen molar-refractivity contribution >= 4 is 29.3 Å². The third kappa shape index (κ3) is 3.95. The molecule has 0 radical (unpaired) electrons. The predicted molar refractivity (Wildman–Crippen MR) is 91.8 cm³/mol. The molecule has 7 nitrogen and oxygen atoms in total. The van der Waals surface area contributed by atoms with Gasteiger partial charge in [0, 0.05) is 5.69 Å². The molecule has 0 fully saturated rings. The Morgan fingerprint density at radius 2 is 2.04 bits per heavy atom. The molecule has 0 aliphatic heterocycles. The summed E-state index contributed by atoms with van der Waals surface area (Å²) >= 11 is 1.40. The first-order chi connectivity index (χ1) is 11.1. The average molecular weight is 335 g/mol. The molecular formula is C15H21N5O2S. The lowest BCUT2D eigenvalue weighted by Gasteiger charge is -2.18. The van der Waals surface area contributed by atoms with Gasteiger partial charge < -0.3 is 15.8 Å². The van der Waals surface area contributed by atoms with Crippen LogP contribution in [0.15, 0.2) is 29.4 Å². The Morgan fingerprint density at radius 1 is 1.35 bits per heavy atom. The SMILES string of the molecule is CCOc1ccc(NC(=O)[C@H](CC)n2c(N)nnc2SC)cc1. The third-order valence-electron chi connectivity index (χ3n) is 3.31. The van der Waals surface area contributed by atoms with Crippen LogP contribution < -0.4 is 15.8 Å². The summed E-state index contributed by atoms with van der Waals surface area (Å²) in [5, 5.41) is 11.3. The molecule has 1 aromatic heterocycles. The Balaban J connectivity index is 2.15. The number of nitrogens with one attached hydrogen (secondary N) is 1. The average Bonchev–Trinajstić information content (AvgIpc) is 2.91. The fourth-order valence-corrected chi connectivity index (χ4v) is 2.77. The van der Waals surface area contributed by atoms with E-state index < -0.39 is 6.04 Å². The molecule has 23 heavy (non-hydrogen) atoms. The van der Waals surface area contributed by atoms with Gasteiger partial charge >= 0.3 is 0 Å². The quantitative estimate of drug-likeness (QED) is 0.755. The van der Waals surface area contributed by atoms with Gasteiger partial charge in [0.25, 0.3) is 0 Å². The summed E-state index contributed by atoms with van der Waals surface area (Å²) in [5.74, 6) is 0.853. The van der Waals surface area contributed by atoms with E-state index in [0.717, 1.165) is 5.75 Å². The zero-order chi connectivity index (χ0) is 16.8. The Hall–Kier alpha value is -2.22. The minimum atomic E-state index is -0.459. The molecule has 1 aromatic carbocycles. The van der Waals surface area contributed by atoms with Crippen LogP contribution in [0.4, 0.5) is 11.6 Å². The van der Waals surface area contributed by atoms with Crippen molar-refractivity contribution in [1.82, 2.24) is 14.8 Å². The Morgan fingerprint density at radius 3 is 2.61 bits per heavy atom. The summed E-state index contributed by atoms with van der Waals surface area (Å²) in [6.07, 6.45) is 2.45. The van der Waals surface area contributed by atoms with E-state index in [-0.39, 0.29) is 11.9 Å². The van der Waals surface area contributed by atoms with Crippen molar-refractivity contribution in [2.45, 2.75) is 31.5 Å². The Labute approximate surface area is 139 Å². The van der Waals surface area contributed by atoms with Gasteiger partial charge in [-0.05, 0) is 43.9 Å². The van der Waals surface area contributed by atoms with E-state index in [2.05, 4.69) is 15.5 Å². The van der Waals surface area contributed by atoms with Crippen LogP contribution in [0.1, 0.15) is 26.3 Å². The number of benzene rings is 1. The molecule has 0 saturated heterocycles. The van der Waals surface area contributed by atoms with E-state index >= 15 is 0 Å². The van der Waals surface area contributed by atoms with Gasteiger partial charge in [0.1, 0.15) is 11.8 Å². The molecule has 3 N–H and O–H groups in total. The molecule has 1 heterocycles. The highest BCUT2D eigenvalue weighted by atomic mass is 32.2. The molecule has 0 aliphatic rings. The summed E-state index contributed by atoms with van der Waals surface area (Å²) in [6.45, 7) is 4.45. The van der Waals surface area contributed by atoms with Crippen LogP contribution in [0.25, 0.3) is 0 Å². The topological polar surface area (TPSA) is 95.1 Å². The second kappa shape index (κ2) is 7.87. The van der Waals surface area contributed by atoms with Crippen molar-refractivity contribution in [3.8, 4) is 5.75 Å². The van der Waals surface area contributed by atoms with Gasteiger partial charge in [-0.1, -0.05) is 18.7 Å². The zero-order valence-electron chi connectivity index (χ0n) is 13.4. The van der Waals surface area contributed by atoms with Gasteiger partial charge in [-0.3, -0.25) is 9.36 Å². The summed E-state index contributed by atoms with van der Waals surface area (Å²) < 4.78 is 7.05. The first-order valence-corrected chi connectivity index (χ1v) is 8.61. The van der Waals surface area contributed by atoms with E-state index in [0.29, 0.717) is 23.9 Å². The molecule has 1 atom stereocenters. The summed E-state index contributed by atoms with van der Waals surface area (Å²) in [5.41, 5.74) is 6.56. The number of nitrogen functional groups attached to an aromatic ring is 1. The van der Waals surface area contributed by atoms with Crippen LogP contribution >= 0.6 is 11.8 Å². The van der Waals surface area contributed by atoms with E-state index in [4.69, 9.17) is 10.5 Å². The third-order valence-corrected chi connectivity index (χ3v) is 3.95. The maximum Gasteiger partial charge on any atom is 0.247 e. The number of aromatic nitrogens is 3. The van der Waals surface area contributed by atoms with E-state index in [1.807, 2.05) is 32.2 Å². The van der Waals surface area contributed by atoms with Crippen LogP contribution in [-0.4, -0.2) is 33.5 Å². The molecule has 1 amide bonds. The lowest BCUT2D eigenvalue weighted by atomic mass is 10.2. The highest BCUT2D eigenvalue weighted by molar-refractivity contribution is 7.98. The smallest absolute Gasteiger partial charge is 0.247 e. The van der Waals surface area contributed by atoms with E-state index in [9.17, 15) is 4.79 Å². The number of thioether (sulfide) groups is 1. The molecular weight excluding hydrogens is 314 g/mol. The number of ether oxygens (including phenoxy) is 1. The lowest BCUT2D eigenvalue weighted by Crippen LogP contribution is -2.27. The minimum Gasteiger partial charge on any atom is -0.494 e. The molecule has 0 saturated carbocycles. The Bertz CT molecular complexity index is 656. The van der Waals surface area contributed by atoms with Crippen molar-refractivity contribution in [3.05, 3.63) is 24.3 Å². The van der Waals surface area contributed by atoms with Crippen molar-refractivity contribution in [1.29, 1.82) is 0 Å². The van der Waals surface area contributed by atoms with E-state index in [1.54, 1.807) is 16.7 Å². The number of rotatable bonds is 7. The lowest BCUT2D eigenvalue weighted by molar-refractivity contribution is -0.119. The zero-order valence-corrected chi connectivity index (χ0v) is 14.3. The second-order valence-corrected chi connectivity index (χ2v) is 5.56. The first-order valence-electron chi connectivity index (χ1n) is 7.38. The Kier molecular flexibility index (Phi) is 5.86. The highest BCUT2D eigenvalue weighted by Crippen LogP contribution is 2.25. The summed E-state index contributed by atoms with van der Waals surface area (Å²) in [4.78, 5) is 12.6. The normalized spacial score (nSPS) is 12.0. The predicted octanol–water partition coefficient (Wildman–Crippen LogP) is 2.57. The number of hydrogen-bond acceptors (Lipinski definition) is 6. The number of carbonyl (C=O) groups excluding carboxylic acids is 1. The molecule has 0 bridgehead atoms. The van der Waals surface area contributed by atoms with Crippen molar-refractivity contribution in [3.63, 3.8) is 0 Å². The monoisotopic (exact) mass is 335 g/mol. The summed E-state index contributed by atoms with van der Waals surface area (Å²) in [6, 6.07) is 6.79. The number of hydrogen-bond donors (Lipinski definition) is 2. The van der Waals surface area contributed by atoms with Crippen molar-refractivity contribution < 1.29 is 9.53 Å². The standard InChI is InChI=1S/C15H21N5O2S/c1-4-12(20-14(16)18-19-15(20)23-3)13(21)17-10-6-8-11(9-7-10)22-5-2/h6-9,12H,4-5H2,1-3H3,(H2,16,18)(H,17,21)/t12-/m0/s1. The number of nitrogens with two attached hydrogens (primary N) is 1. The maximum atomic E-state index is 12.6. The minimum absolute atomic E-state index is 0.154. The van der Waals surface area contributed by atoms with Gasteiger partial charge in [-0.2, -0.15) is 0 Å². The largest absolute Gasteiger partial charge is 0.494 e. The van der Waals surface area contributed by atoms with Gasteiger partial charge in [0.15, 0.2) is 5.16 Å². The molecule has 0 spiro atoms. The van der Waals surface area contributed by atoms with Crippen LogP contribution in [0.2, 0.25) is 0 Å². The molecule has 8 heteroatoms. The molecule has 0 unspecified atom stereocenters. The van der Waals surface area contributed by atoms with Gasteiger partial charge in [-0.25, -0.2) is 0 Å². The van der Waals surface area contributed by atoms with Crippen molar-refractivity contribution in [2.75, 3.05) is 23.9 Å². The van der Waals surface area contributed by atoms with Gasteiger partial charge in [-0.15, -0.1) is 10.2 Å². The number of amides is 1.